The van der Waals surface area contributed by atoms with E-state index in [4.69, 9.17) is 9.15 Å². The fraction of sp³-hybridized carbons (Fsp3) is 0.160. The average molecular weight is 444 g/mol. The molecule has 2 heterocycles. The van der Waals surface area contributed by atoms with Crippen LogP contribution in [0.25, 0.3) is 6.08 Å². The number of aromatic nitrogens is 1. The number of nitrogens with zero attached hydrogens (tertiary/aromatic N) is 1. The van der Waals surface area contributed by atoms with Crippen LogP contribution in [0.5, 0.6) is 5.75 Å². The van der Waals surface area contributed by atoms with Gasteiger partial charge in [0.05, 0.1) is 16.9 Å². The van der Waals surface area contributed by atoms with E-state index in [1.165, 1.54) is 6.08 Å². The van der Waals surface area contributed by atoms with Crippen LogP contribution >= 0.6 is 0 Å². The van der Waals surface area contributed by atoms with E-state index >= 15 is 0 Å². The average Bonchev–Trinajstić information content (AvgIpc) is 3.15. The molecule has 168 valence electrons. The molecular formula is C25H24N4O4. The van der Waals surface area contributed by atoms with Gasteiger partial charge in [0.2, 0.25) is 5.91 Å². The molecule has 8 heteroatoms. The summed E-state index contributed by atoms with van der Waals surface area (Å²) in [6.45, 7) is 5.26. The van der Waals surface area contributed by atoms with Gasteiger partial charge < -0.3 is 25.1 Å². The first-order valence-electron chi connectivity index (χ1n) is 10.5. The molecule has 8 nitrogen and oxygen atoms in total. The number of pyridine rings is 1. The van der Waals surface area contributed by atoms with Gasteiger partial charge in [-0.2, -0.15) is 0 Å². The largest absolute Gasteiger partial charge is 0.461 e. The molecule has 0 unspecified atom stereocenters. The second kappa shape index (κ2) is 9.44. The molecule has 3 aromatic rings. The maximum atomic E-state index is 12.2. The van der Waals surface area contributed by atoms with Gasteiger partial charge >= 0.3 is 0 Å². The summed E-state index contributed by atoms with van der Waals surface area (Å²) in [5.74, 6) is 2.68. The van der Waals surface area contributed by atoms with Gasteiger partial charge in [-0.15, -0.1) is 0 Å². The second-order valence-corrected chi connectivity index (χ2v) is 7.41. The summed E-state index contributed by atoms with van der Waals surface area (Å²) in [5, 5.41) is 8.62. The van der Waals surface area contributed by atoms with Crippen LogP contribution in [0.1, 0.15) is 33.9 Å². The number of furan rings is 1. The molecule has 33 heavy (non-hydrogen) atoms. The molecule has 3 N–H and O–H groups in total. The summed E-state index contributed by atoms with van der Waals surface area (Å²) in [4.78, 5) is 28.2. The van der Waals surface area contributed by atoms with Gasteiger partial charge in [-0.25, -0.2) is 4.98 Å². The van der Waals surface area contributed by atoms with Crippen molar-refractivity contribution in [1.82, 2.24) is 10.3 Å². The summed E-state index contributed by atoms with van der Waals surface area (Å²) in [6, 6.07) is 10.8. The SMILES string of the molecule is C=CC(=O)Nc1ccccc1Nc1cc(OC2=Cc3oc(C)c(C(=O)NC)c3CC2)ccn1. The van der Waals surface area contributed by atoms with Crippen LogP contribution in [0.15, 0.2) is 65.4 Å². The van der Waals surface area contributed by atoms with Crippen LogP contribution in [0.2, 0.25) is 0 Å². The van der Waals surface area contributed by atoms with Crippen LogP contribution in [0.3, 0.4) is 0 Å². The van der Waals surface area contributed by atoms with E-state index < -0.39 is 0 Å². The Morgan fingerprint density at radius 1 is 1.18 bits per heavy atom. The van der Waals surface area contributed by atoms with Crippen LogP contribution in [0, 0.1) is 6.92 Å². The summed E-state index contributed by atoms with van der Waals surface area (Å²) < 4.78 is 11.9. The standard InChI is InChI=1S/C25H24N4O4/c1-4-23(30)29-20-8-6-5-7-19(20)28-22-14-17(11-12-27-22)33-16-9-10-18-21(13-16)32-15(2)24(18)25(31)26-3/h4-8,11-14H,1,9-10H2,2-3H3,(H,26,31)(H,27,28)(H,29,30). The molecule has 1 aliphatic carbocycles. The monoisotopic (exact) mass is 444 g/mol. The van der Waals surface area contributed by atoms with Gasteiger partial charge in [-0.05, 0) is 37.6 Å². The number of hydrogen-bond donors (Lipinski definition) is 3. The minimum absolute atomic E-state index is 0.148. The normalized spacial score (nSPS) is 12.2. The first-order chi connectivity index (χ1) is 16.0. The summed E-state index contributed by atoms with van der Waals surface area (Å²) in [6.07, 6.45) is 5.96. The van der Waals surface area contributed by atoms with E-state index in [-0.39, 0.29) is 11.8 Å². The number of allylic oxidation sites excluding steroid dienone is 1. The Bertz CT molecular complexity index is 1260. The molecule has 0 fully saturated rings. The Morgan fingerprint density at radius 2 is 1.97 bits per heavy atom. The highest BCUT2D eigenvalue weighted by molar-refractivity contribution is 6.01. The van der Waals surface area contributed by atoms with Crippen molar-refractivity contribution < 1.29 is 18.7 Å². The highest BCUT2D eigenvalue weighted by atomic mass is 16.5. The number of benzene rings is 1. The predicted octanol–water partition coefficient (Wildman–Crippen LogP) is 4.58. The predicted molar refractivity (Wildman–Crippen MR) is 127 cm³/mol. The first kappa shape index (κ1) is 21.9. The van der Waals surface area contributed by atoms with Crippen LogP contribution in [-0.4, -0.2) is 23.8 Å². The zero-order chi connectivity index (χ0) is 23.4. The molecule has 0 saturated heterocycles. The summed E-state index contributed by atoms with van der Waals surface area (Å²) >= 11 is 0. The minimum Gasteiger partial charge on any atom is -0.461 e. The fourth-order valence-electron chi connectivity index (χ4n) is 3.66. The molecule has 4 rings (SSSR count). The second-order valence-electron chi connectivity index (χ2n) is 7.41. The van der Waals surface area contributed by atoms with Gasteiger partial charge in [0.15, 0.2) is 0 Å². The van der Waals surface area contributed by atoms with E-state index in [1.807, 2.05) is 24.3 Å². The first-order valence-corrected chi connectivity index (χ1v) is 10.5. The van der Waals surface area contributed by atoms with E-state index in [9.17, 15) is 9.59 Å². The molecule has 0 bridgehead atoms. The fourth-order valence-corrected chi connectivity index (χ4v) is 3.66. The van der Waals surface area contributed by atoms with Crippen molar-refractivity contribution in [3.63, 3.8) is 0 Å². The number of carbonyl (C=O) groups excluding carboxylic acids is 2. The number of para-hydroxylation sites is 2. The lowest BCUT2D eigenvalue weighted by Crippen LogP contribution is -2.20. The number of aryl methyl sites for hydroxylation is 1. The summed E-state index contributed by atoms with van der Waals surface area (Å²) in [7, 11) is 1.61. The van der Waals surface area contributed by atoms with Crippen molar-refractivity contribution in [1.29, 1.82) is 0 Å². The van der Waals surface area contributed by atoms with Crippen molar-refractivity contribution in [3.05, 3.63) is 83.7 Å². The third kappa shape index (κ3) is 4.79. The Labute approximate surface area is 191 Å². The number of hydrogen-bond acceptors (Lipinski definition) is 6. The van der Waals surface area contributed by atoms with Crippen molar-refractivity contribution in [2.75, 3.05) is 17.7 Å². The summed E-state index contributed by atoms with van der Waals surface area (Å²) in [5.41, 5.74) is 2.79. The maximum absolute atomic E-state index is 12.2. The molecule has 0 spiro atoms. The Kier molecular flexibility index (Phi) is 6.26. The zero-order valence-corrected chi connectivity index (χ0v) is 18.4. The molecule has 2 aromatic heterocycles. The van der Waals surface area contributed by atoms with Gasteiger partial charge in [0.1, 0.15) is 28.8 Å². The highest BCUT2D eigenvalue weighted by Gasteiger charge is 2.25. The number of carbonyl (C=O) groups is 2. The van der Waals surface area contributed by atoms with Gasteiger partial charge in [0, 0.05) is 37.4 Å². The quantitative estimate of drug-likeness (QED) is 0.461. The Hall–Kier alpha value is -4.33. The lowest BCUT2D eigenvalue weighted by Gasteiger charge is -2.16. The van der Waals surface area contributed by atoms with E-state index in [1.54, 1.807) is 38.4 Å². The number of ether oxygens (including phenoxy) is 1. The lowest BCUT2D eigenvalue weighted by atomic mass is 9.98. The van der Waals surface area contributed by atoms with Crippen LogP contribution < -0.4 is 20.7 Å². The molecular weight excluding hydrogens is 420 g/mol. The Balaban J connectivity index is 1.52. The smallest absolute Gasteiger partial charge is 0.254 e. The molecule has 0 aliphatic heterocycles. The van der Waals surface area contributed by atoms with Crippen molar-refractivity contribution in [2.24, 2.45) is 0 Å². The van der Waals surface area contributed by atoms with Crippen molar-refractivity contribution in [3.8, 4) is 5.75 Å². The van der Waals surface area contributed by atoms with Crippen LogP contribution in [0.4, 0.5) is 17.2 Å². The number of rotatable bonds is 7. The molecule has 1 aromatic carbocycles. The number of nitrogens with one attached hydrogen (secondary N) is 3. The maximum Gasteiger partial charge on any atom is 0.254 e. The molecule has 2 amide bonds. The van der Waals surface area contributed by atoms with Gasteiger partial charge in [-0.3, -0.25) is 9.59 Å². The van der Waals surface area contributed by atoms with Gasteiger partial charge in [-0.1, -0.05) is 18.7 Å². The topological polar surface area (TPSA) is 105 Å². The van der Waals surface area contributed by atoms with E-state index in [0.29, 0.717) is 52.9 Å². The van der Waals surface area contributed by atoms with Crippen molar-refractivity contribution >= 4 is 35.1 Å². The van der Waals surface area contributed by atoms with E-state index in [0.717, 1.165) is 11.3 Å². The molecule has 1 aliphatic rings. The zero-order valence-electron chi connectivity index (χ0n) is 18.4. The highest BCUT2D eigenvalue weighted by Crippen LogP contribution is 2.33. The Morgan fingerprint density at radius 3 is 2.73 bits per heavy atom. The van der Waals surface area contributed by atoms with E-state index in [2.05, 4.69) is 27.5 Å². The molecule has 0 atom stereocenters. The third-order valence-corrected chi connectivity index (χ3v) is 5.20. The third-order valence-electron chi connectivity index (χ3n) is 5.20. The number of fused-ring (bicyclic) bond motifs is 1. The number of anilines is 3. The minimum atomic E-state index is -0.300. The van der Waals surface area contributed by atoms with Crippen molar-refractivity contribution in [2.45, 2.75) is 19.8 Å². The molecule has 0 radical (unpaired) electrons. The number of amides is 2. The lowest BCUT2D eigenvalue weighted by molar-refractivity contribution is -0.111. The van der Waals surface area contributed by atoms with Crippen LogP contribution in [-0.2, 0) is 11.2 Å². The molecule has 0 saturated carbocycles. The van der Waals surface area contributed by atoms with Gasteiger partial charge in [0.25, 0.3) is 5.91 Å².